The molecule has 0 aliphatic carbocycles. The summed E-state index contributed by atoms with van der Waals surface area (Å²) in [5.74, 6) is 0.895. The van der Waals surface area contributed by atoms with E-state index in [9.17, 15) is 9.59 Å². The van der Waals surface area contributed by atoms with Crippen molar-refractivity contribution < 1.29 is 18.5 Å². The normalized spacial score (nSPS) is 14.2. The van der Waals surface area contributed by atoms with Crippen molar-refractivity contribution in [2.24, 2.45) is 0 Å². The number of nitrogens with one attached hydrogen (secondary N) is 1. The fourth-order valence-electron chi connectivity index (χ4n) is 3.06. The summed E-state index contributed by atoms with van der Waals surface area (Å²) in [6.07, 6.45) is 4.70. The number of anilines is 2. The molecule has 0 unspecified atom stereocenters. The molecule has 2 amide bonds. The molecule has 144 valence electrons. The molecule has 1 saturated heterocycles. The first-order valence-corrected chi connectivity index (χ1v) is 8.87. The van der Waals surface area contributed by atoms with Gasteiger partial charge in [-0.3, -0.25) is 14.6 Å². The average molecular weight is 381 g/mol. The zero-order chi connectivity index (χ0) is 19.5. The van der Waals surface area contributed by atoms with Crippen LogP contribution in [0, 0.1) is 6.92 Å². The summed E-state index contributed by atoms with van der Waals surface area (Å²) < 4.78 is 10.1. The van der Waals surface area contributed by atoms with E-state index in [2.05, 4.69) is 20.4 Å². The highest BCUT2D eigenvalue weighted by Gasteiger charge is 2.24. The standard InChI is InChI=1S/C19H19N5O4/c1-13-9-17(22-28-13)21-18(25)14-10-15(12-20-11-14)23-4-6-24(7-5-23)19(26)16-3-2-8-27-16/h2-3,8-12H,4-7H2,1H3,(H,21,22,25). The smallest absolute Gasteiger partial charge is 0.289 e. The van der Waals surface area contributed by atoms with E-state index in [1.165, 1.54) is 12.5 Å². The molecular formula is C19H19N5O4. The highest BCUT2D eigenvalue weighted by molar-refractivity contribution is 6.04. The molecule has 3 aromatic heterocycles. The van der Waals surface area contributed by atoms with Crippen molar-refractivity contribution in [1.29, 1.82) is 0 Å². The van der Waals surface area contributed by atoms with Gasteiger partial charge in [0.15, 0.2) is 11.6 Å². The number of hydrogen-bond donors (Lipinski definition) is 1. The summed E-state index contributed by atoms with van der Waals surface area (Å²) in [5.41, 5.74) is 1.25. The second kappa shape index (κ2) is 7.55. The molecule has 0 aromatic carbocycles. The molecule has 1 aliphatic heterocycles. The van der Waals surface area contributed by atoms with Crippen molar-refractivity contribution in [2.75, 3.05) is 36.4 Å². The lowest BCUT2D eigenvalue weighted by atomic mass is 10.2. The van der Waals surface area contributed by atoms with Crippen LogP contribution in [0.5, 0.6) is 0 Å². The number of hydrogen-bond acceptors (Lipinski definition) is 7. The average Bonchev–Trinajstić information content (AvgIpc) is 3.40. The van der Waals surface area contributed by atoms with E-state index in [0.29, 0.717) is 49.1 Å². The van der Waals surface area contributed by atoms with Gasteiger partial charge in [0.05, 0.1) is 23.7 Å². The predicted molar refractivity (Wildman–Crippen MR) is 100 cm³/mol. The molecule has 4 heterocycles. The number of furan rings is 1. The van der Waals surface area contributed by atoms with E-state index in [-0.39, 0.29) is 11.8 Å². The van der Waals surface area contributed by atoms with Crippen molar-refractivity contribution >= 4 is 23.3 Å². The second-order valence-corrected chi connectivity index (χ2v) is 6.47. The van der Waals surface area contributed by atoms with Crippen LogP contribution in [0.3, 0.4) is 0 Å². The van der Waals surface area contributed by atoms with E-state index < -0.39 is 0 Å². The molecule has 9 heteroatoms. The molecule has 9 nitrogen and oxygen atoms in total. The highest BCUT2D eigenvalue weighted by Crippen LogP contribution is 2.19. The SMILES string of the molecule is Cc1cc(NC(=O)c2cncc(N3CCN(C(=O)c4ccco4)CC3)c2)no1. The van der Waals surface area contributed by atoms with E-state index in [0.717, 1.165) is 5.69 Å². The summed E-state index contributed by atoms with van der Waals surface area (Å²) in [7, 11) is 0. The summed E-state index contributed by atoms with van der Waals surface area (Å²) >= 11 is 0. The van der Waals surface area contributed by atoms with Gasteiger partial charge in [-0.05, 0) is 25.1 Å². The van der Waals surface area contributed by atoms with Crippen molar-refractivity contribution in [3.05, 3.63) is 60.0 Å². The topological polar surface area (TPSA) is 105 Å². The fraction of sp³-hybridized carbons (Fsp3) is 0.263. The van der Waals surface area contributed by atoms with Crippen molar-refractivity contribution in [3.63, 3.8) is 0 Å². The molecule has 1 aliphatic rings. The number of aromatic nitrogens is 2. The lowest BCUT2D eigenvalue weighted by Gasteiger charge is -2.35. The van der Waals surface area contributed by atoms with Crippen LogP contribution < -0.4 is 10.2 Å². The maximum Gasteiger partial charge on any atom is 0.289 e. The second-order valence-electron chi connectivity index (χ2n) is 6.47. The van der Waals surface area contributed by atoms with Crippen molar-refractivity contribution in [3.8, 4) is 0 Å². The first-order chi connectivity index (χ1) is 13.6. The maximum absolute atomic E-state index is 12.4. The molecule has 28 heavy (non-hydrogen) atoms. The third-order valence-electron chi connectivity index (χ3n) is 4.52. The zero-order valence-corrected chi connectivity index (χ0v) is 15.3. The van der Waals surface area contributed by atoms with Gasteiger partial charge >= 0.3 is 0 Å². The van der Waals surface area contributed by atoms with Gasteiger partial charge in [0, 0.05) is 38.4 Å². The number of pyridine rings is 1. The lowest BCUT2D eigenvalue weighted by molar-refractivity contribution is 0.0714. The highest BCUT2D eigenvalue weighted by atomic mass is 16.5. The molecular weight excluding hydrogens is 362 g/mol. The lowest BCUT2D eigenvalue weighted by Crippen LogP contribution is -2.48. The van der Waals surface area contributed by atoms with Crippen LogP contribution in [0.15, 0.2) is 51.9 Å². The Morgan fingerprint density at radius 3 is 2.64 bits per heavy atom. The van der Waals surface area contributed by atoms with Gasteiger partial charge in [-0.15, -0.1) is 0 Å². The number of aryl methyl sites for hydroxylation is 1. The number of carbonyl (C=O) groups excluding carboxylic acids is 2. The van der Waals surface area contributed by atoms with Crippen LogP contribution in [-0.4, -0.2) is 53.0 Å². The Balaban J connectivity index is 1.39. The number of rotatable bonds is 4. The van der Waals surface area contributed by atoms with Crippen LogP contribution in [0.4, 0.5) is 11.5 Å². The van der Waals surface area contributed by atoms with Gasteiger partial charge in [0.2, 0.25) is 0 Å². The van der Waals surface area contributed by atoms with Crippen LogP contribution in [0.25, 0.3) is 0 Å². The Morgan fingerprint density at radius 1 is 1.14 bits per heavy atom. The largest absolute Gasteiger partial charge is 0.459 e. The Labute approximate surface area is 160 Å². The van der Waals surface area contributed by atoms with Crippen molar-refractivity contribution in [1.82, 2.24) is 15.0 Å². The van der Waals surface area contributed by atoms with E-state index >= 15 is 0 Å². The number of amides is 2. The molecule has 1 N–H and O–H groups in total. The summed E-state index contributed by atoms with van der Waals surface area (Å²) in [4.78, 5) is 32.8. The number of piperazine rings is 1. The minimum Gasteiger partial charge on any atom is -0.459 e. The molecule has 0 atom stereocenters. The Bertz CT molecular complexity index is 974. The molecule has 0 bridgehead atoms. The van der Waals surface area contributed by atoms with Gasteiger partial charge in [0.1, 0.15) is 5.76 Å². The Kier molecular flexibility index (Phi) is 4.79. The minimum atomic E-state index is -0.311. The fourth-order valence-corrected chi connectivity index (χ4v) is 3.06. The number of nitrogens with zero attached hydrogens (tertiary/aromatic N) is 4. The van der Waals surface area contributed by atoms with E-state index in [1.54, 1.807) is 42.3 Å². The minimum absolute atomic E-state index is 0.112. The van der Waals surface area contributed by atoms with Crippen LogP contribution in [0.2, 0.25) is 0 Å². The maximum atomic E-state index is 12.4. The van der Waals surface area contributed by atoms with Gasteiger partial charge < -0.3 is 24.1 Å². The van der Waals surface area contributed by atoms with Crippen LogP contribution in [-0.2, 0) is 0 Å². The molecule has 0 radical (unpaired) electrons. The third-order valence-corrected chi connectivity index (χ3v) is 4.52. The first-order valence-electron chi connectivity index (χ1n) is 8.87. The van der Waals surface area contributed by atoms with E-state index in [4.69, 9.17) is 8.94 Å². The van der Waals surface area contributed by atoms with Gasteiger partial charge in [-0.1, -0.05) is 5.16 Å². The number of carbonyl (C=O) groups is 2. The molecule has 1 fully saturated rings. The molecule has 3 aromatic rings. The third kappa shape index (κ3) is 3.73. The van der Waals surface area contributed by atoms with Gasteiger partial charge in [0.25, 0.3) is 11.8 Å². The molecule has 0 saturated carbocycles. The monoisotopic (exact) mass is 381 g/mol. The Hall–Kier alpha value is -3.62. The predicted octanol–water partition coefficient (Wildman–Crippen LogP) is 2.19. The van der Waals surface area contributed by atoms with Crippen LogP contribution in [0.1, 0.15) is 26.7 Å². The van der Waals surface area contributed by atoms with Crippen molar-refractivity contribution in [2.45, 2.75) is 6.92 Å². The van der Waals surface area contributed by atoms with Gasteiger partial charge in [-0.2, -0.15) is 0 Å². The molecule has 0 spiro atoms. The first kappa shape index (κ1) is 17.8. The zero-order valence-electron chi connectivity index (χ0n) is 15.3. The van der Waals surface area contributed by atoms with Gasteiger partial charge in [-0.25, -0.2) is 0 Å². The quantitative estimate of drug-likeness (QED) is 0.738. The van der Waals surface area contributed by atoms with E-state index in [1.807, 2.05) is 0 Å². The molecule has 4 rings (SSSR count). The van der Waals surface area contributed by atoms with Crippen LogP contribution >= 0.6 is 0 Å². The Morgan fingerprint density at radius 2 is 1.96 bits per heavy atom. The summed E-state index contributed by atoms with van der Waals surface area (Å²) in [6, 6.07) is 6.78. The summed E-state index contributed by atoms with van der Waals surface area (Å²) in [6.45, 7) is 4.16. The summed E-state index contributed by atoms with van der Waals surface area (Å²) in [5, 5.41) is 6.44.